The summed E-state index contributed by atoms with van der Waals surface area (Å²) in [5, 5.41) is 19.6. The van der Waals surface area contributed by atoms with E-state index in [2.05, 4.69) is 15.9 Å². The Bertz CT molecular complexity index is 532. The van der Waals surface area contributed by atoms with E-state index < -0.39 is 23.3 Å². The van der Waals surface area contributed by atoms with Crippen molar-refractivity contribution in [2.75, 3.05) is 13.1 Å². The normalized spacial score (nSPS) is 10.0. The van der Waals surface area contributed by atoms with Gasteiger partial charge in [-0.15, -0.1) is 0 Å². The van der Waals surface area contributed by atoms with E-state index in [0.717, 1.165) is 4.90 Å². The molecule has 1 N–H and O–H groups in total. The van der Waals surface area contributed by atoms with Crippen LogP contribution in [0, 0.1) is 10.1 Å². The summed E-state index contributed by atoms with van der Waals surface area (Å²) < 4.78 is 0.469. The van der Waals surface area contributed by atoms with Crippen LogP contribution in [0.1, 0.15) is 17.3 Å². The average molecular weight is 331 g/mol. The lowest BCUT2D eigenvalue weighted by Crippen LogP contribution is -2.35. The zero-order valence-corrected chi connectivity index (χ0v) is 11.6. The van der Waals surface area contributed by atoms with Crippen molar-refractivity contribution in [2.24, 2.45) is 0 Å². The van der Waals surface area contributed by atoms with Crippen LogP contribution in [0.15, 0.2) is 22.7 Å². The van der Waals surface area contributed by atoms with Crippen LogP contribution < -0.4 is 0 Å². The van der Waals surface area contributed by atoms with Gasteiger partial charge in [0.05, 0.1) is 4.92 Å². The second kappa shape index (κ2) is 6.28. The third-order valence-corrected chi connectivity index (χ3v) is 2.88. The number of likely N-dealkylation sites (N-methyl/N-ethyl adjacent to an activating group) is 1. The molecule has 1 aromatic rings. The van der Waals surface area contributed by atoms with E-state index in [0.29, 0.717) is 4.47 Å². The van der Waals surface area contributed by atoms with Gasteiger partial charge in [-0.1, -0.05) is 15.9 Å². The molecular weight excluding hydrogens is 320 g/mol. The quantitative estimate of drug-likeness (QED) is 0.656. The molecule has 0 saturated heterocycles. The number of aliphatic carboxylic acids is 1. The molecule has 0 radical (unpaired) electrons. The highest BCUT2D eigenvalue weighted by Crippen LogP contribution is 2.24. The van der Waals surface area contributed by atoms with Crippen LogP contribution >= 0.6 is 15.9 Å². The molecule has 0 atom stereocenters. The highest BCUT2D eigenvalue weighted by molar-refractivity contribution is 9.10. The molecule has 0 aliphatic rings. The number of hydrogen-bond acceptors (Lipinski definition) is 4. The number of benzene rings is 1. The number of nitro groups is 1. The summed E-state index contributed by atoms with van der Waals surface area (Å²) in [7, 11) is 0. The van der Waals surface area contributed by atoms with Gasteiger partial charge in [0.25, 0.3) is 11.6 Å². The van der Waals surface area contributed by atoms with E-state index in [9.17, 15) is 19.7 Å². The van der Waals surface area contributed by atoms with Crippen molar-refractivity contribution in [1.82, 2.24) is 4.90 Å². The first-order valence-corrected chi connectivity index (χ1v) is 6.11. The molecule has 8 heteroatoms. The number of carbonyl (C=O) groups excluding carboxylic acids is 1. The Morgan fingerprint density at radius 3 is 2.58 bits per heavy atom. The largest absolute Gasteiger partial charge is 0.480 e. The van der Waals surface area contributed by atoms with Crippen LogP contribution in [-0.4, -0.2) is 39.9 Å². The molecule has 1 rings (SSSR count). The van der Waals surface area contributed by atoms with E-state index in [1.165, 1.54) is 18.2 Å². The summed E-state index contributed by atoms with van der Waals surface area (Å²) in [6.45, 7) is 1.26. The Hall–Kier alpha value is -1.96. The van der Waals surface area contributed by atoms with Gasteiger partial charge in [0.1, 0.15) is 12.1 Å². The number of rotatable bonds is 5. The molecule has 0 aromatic heterocycles. The smallest absolute Gasteiger partial charge is 0.323 e. The molecule has 0 saturated carbocycles. The first-order chi connectivity index (χ1) is 8.86. The van der Waals surface area contributed by atoms with E-state index in [-0.39, 0.29) is 17.8 Å². The number of nitro benzene ring substituents is 1. The fourth-order valence-corrected chi connectivity index (χ4v) is 1.85. The van der Waals surface area contributed by atoms with Crippen molar-refractivity contribution in [3.63, 3.8) is 0 Å². The monoisotopic (exact) mass is 330 g/mol. The molecule has 1 aromatic carbocycles. The van der Waals surface area contributed by atoms with Crippen LogP contribution in [0.4, 0.5) is 5.69 Å². The third-order valence-electron chi connectivity index (χ3n) is 2.38. The second-order valence-electron chi connectivity index (χ2n) is 3.63. The van der Waals surface area contributed by atoms with Crippen LogP contribution in [-0.2, 0) is 4.79 Å². The number of amides is 1. The van der Waals surface area contributed by atoms with Gasteiger partial charge in [-0.3, -0.25) is 19.7 Å². The lowest BCUT2D eigenvalue weighted by Gasteiger charge is -2.18. The number of carboxylic acids is 1. The molecule has 19 heavy (non-hydrogen) atoms. The van der Waals surface area contributed by atoms with Crippen molar-refractivity contribution in [3.8, 4) is 0 Å². The van der Waals surface area contributed by atoms with Crippen molar-refractivity contribution in [2.45, 2.75) is 6.92 Å². The molecule has 7 nitrogen and oxygen atoms in total. The summed E-state index contributed by atoms with van der Waals surface area (Å²) >= 11 is 3.08. The standard InChI is InChI=1S/C11H11BrN2O5/c1-2-13(6-10(15)16)11(17)8-4-3-7(12)5-9(8)14(18)19/h3-5H,2,6H2,1H3,(H,15,16). The molecule has 0 spiro atoms. The maximum Gasteiger partial charge on any atom is 0.323 e. The Balaban J connectivity index is 3.17. The molecule has 0 aliphatic heterocycles. The van der Waals surface area contributed by atoms with Crippen LogP contribution in [0.5, 0.6) is 0 Å². The van der Waals surface area contributed by atoms with Gasteiger partial charge in [0, 0.05) is 17.1 Å². The minimum absolute atomic E-state index is 0.128. The van der Waals surface area contributed by atoms with Crippen molar-refractivity contribution in [3.05, 3.63) is 38.3 Å². The fourth-order valence-electron chi connectivity index (χ4n) is 1.50. The molecule has 1 amide bonds. The Morgan fingerprint density at radius 2 is 2.11 bits per heavy atom. The van der Waals surface area contributed by atoms with Gasteiger partial charge < -0.3 is 10.0 Å². The molecule has 0 bridgehead atoms. The van der Waals surface area contributed by atoms with E-state index in [1.54, 1.807) is 6.92 Å². The number of halogens is 1. The average Bonchev–Trinajstić information content (AvgIpc) is 2.34. The predicted octanol–water partition coefficient (Wildman–Crippen LogP) is 1.90. The predicted molar refractivity (Wildman–Crippen MR) is 70.0 cm³/mol. The number of carbonyl (C=O) groups is 2. The summed E-state index contributed by atoms with van der Waals surface area (Å²) in [4.78, 5) is 34.0. The summed E-state index contributed by atoms with van der Waals surface area (Å²) in [5.74, 6) is -1.85. The van der Waals surface area contributed by atoms with Crippen LogP contribution in [0.2, 0.25) is 0 Å². The lowest BCUT2D eigenvalue weighted by atomic mass is 10.1. The highest BCUT2D eigenvalue weighted by atomic mass is 79.9. The highest BCUT2D eigenvalue weighted by Gasteiger charge is 2.25. The molecule has 0 unspecified atom stereocenters. The van der Waals surface area contributed by atoms with Crippen LogP contribution in [0.3, 0.4) is 0 Å². The van der Waals surface area contributed by atoms with Gasteiger partial charge in [-0.25, -0.2) is 0 Å². The summed E-state index contributed by atoms with van der Waals surface area (Å²) in [6.07, 6.45) is 0. The third kappa shape index (κ3) is 3.75. The van der Waals surface area contributed by atoms with E-state index in [4.69, 9.17) is 5.11 Å². The first kappa shape index (κ1) is 15.1. The molecular formula is C11H11BrN2O5. The minimum atomic E-state index is -1.17. The maximum atomic E-state index is 12.1. The SMILES string of the molecule is CCN(CC(=O)O)C(=O)c1ccc(Br)cc1[N+](=O)[O-]. The van der Waals surface area contributed by atoms with Crippen molar-refractivity contribution < 1.29 is 19.6 Å². The maximum absolute atomic E-state index is 12.1. The van der Waals surface area contributed by atoms with Crippen LogP contribution in [0.25, 0.3) is 0 Å². The number of nitrogens with zero attached hydrogens (tertiary/aromatic N) is 2. The van der Waals surface area contributed by atoms with Crippen molar-refractivity contribution in [1.29, 1.82) is 0 Å². The first-order valence-electron chi connectivity index (χ1n) is 5.31. The zero-order chi connectivity index (χ0) is 14.6. The Morgan fingerprint density at radius 1 is 1.47 bits per heavy atom. The molecule has 0 aliphatic carbocycles. The number of hydrogen-bond donors (Lipinski definition) is 1. The van der Waals surface area contributed by atoms with Gasteiger partial charge in [-0.2, -0.15) is 0 Å². The van der Waals surface area contributed by atoms with Gasteiger partial charge in [0.15, 0.2) is 0 Å². The van der Waals surface area contributed by atoms with E-state index in [1.807, 2.05) is 0 Å². The van der Waals surface area contributed by atoms with Gasteiger partial charge >= 0.3 is 5.97 Å². The summed E-state index contributed by atoms with van der Waals surface area (Å²) in [6, 6.07) is 4.01. The minimum Gasteiger partial charge on any atom is -0.480 e. The lowest BCUT2D eigenvalue weighted by molar-refractivity contribution is -0.385. The molecule has 0 heterocycles. The summed E-state index contributed by atoms with van der Waals surface area (Å²) in [5.41, 5.74) is -0.487. The zero-order valence-electron chi connectivity index (χ0n) is 10.00. The number of carboxylic acid groups (broad SMARTS) is 1. The van der Waals surface area contributed by atoms with Gasteiger partial charge in [0.2, 0.25) is 0 Å². The second-order valence-corrected chi connectivity index (χ2v) is 4.55. The van der Waals surface area contributed by atoms with Gasteiger partial charge in [-0.05, 0) is 19.1 Å². The fraction of sp³-hybridized carbons (Fsp3) is 0.273. The van der Waals surface area contributed by atoms with E-state index >= 15 is 0 Å². The topological polar surface area (TPSA) is 101 Å². The Kier molecular flexibility index (Phi) is 4.99. The Labute approximate surface area is 117 Å². The molecule has 102 valence electrons. The van der Waals surface area contributed by atoms with Crippen molar-refractivity contribution >= 4 is 33.5 Å². The molecule has 0 fully saturated rings.